The Morgan fingerprint density at radius 1 is 0.815 bits per heavy atom. The summed E-state index contributed by atoms with van der Waals surface area (Å²) in [6.07, 6.45) is 8.29. The molecule has 3 aromatic rings. The number of esters is 3. The van der Waals surface area contributed by atoms with Crippen molar-refractivity contribution in [1.82, 2.24) is 4.90 Å². The van der Waals surface area contributed by atoms with Crippen molar-refractivity contribution in [3.63, 3.8) is 0 Å². The van der Waals surface area contributed by atoms with Crippen molar-refractivity contribution < 1.29 is 47.7 Å². The van der Waals surface area contributed by atoms with Crippen LogP contribution in [-0.4, -0.2) is 67.1 Å². The second kappa shape index (κ2) is 17.4. The molecule has 0 spiro atoms. The third-order valence-electron chi connectivity index (χ3n) is 9.92. The SMILES string of the molecule is C=C(CC(=O)OC1CCCCC1)C(=O)OCCOc1ccc(C(=O)Oc2ccc3c(c2)C(C)c2cc(OCCCN4C(=O)C=CC4=O)ccc2-3)cc1CC. The Morgan fingerprint density at radius 2 is 1.50 bits per heavy atom. The number of benzene rings is 3. The molecule has 1 atom stereocenters. The predicted molar refractivity (Wildman–Crippen MR) is 199 cm³/mol. The van der Waals surface area contributed by atoms with Crippen LogP contribution in [0.5, 0.6) is 17.2 Å². The number of hydrogen-bond donors (Lipinski definition) is 0. The molecule has 3 aromatic carbocycles. The van der Waals surface area contributed by atoms with Crippen LogP contribution < -0.4 is 14.2 Å². The van der Waals surface area contributed by atoms with Gasteiger partial charge in [0.05, 0.1) is 18.6 Å². The Hall–Kier alpha value is -5.71. The quantitative estimate of drug-likeness (QED) is 0.0496. The largest absolute Gasteiger partial charge is 0.494 e. The lowest BCUT2D eigenvalue weighted by Gasteiger charge is -2.21. The molecular weight excluding hydrogens is 690 g/mol. The first kappa shape index (κ1) is 38.0. The number of aryl methyl sites for hydroxylation is 1. The molecule has 2 aliphatic carbocycles. The molecule has 0 saturated heterocycles. The zero-order chi connectivity index (χ0) is 38.2. The monoisotopic (exact) mass is 735 g/mol. The van der Waals surface area contributed by atoms with Crippen molar-refractivity contribution in [2.75, 3.05) is 26.4 Å². The topological polar surface area (TPSA) is 135 Å². The van der Waals surface area contributed by atoms with E-state index in [1.165, 1.54) is 17.1 Å². The Balaban J connectivity index is 0.969. The maximum Gasteiger partial charge on any atom is 0.343 e. The van der Waals surface area contributed by atoms with Crippen LogP contribution in [0, 0.1) is 0 Å². The van der Waals surface area contributed by atoms with Gasteiger partial charge < -0.3 is 23.7 Å². The van der Waals surface area contributed by atoms with E-state index in [1.807, 2.05) is 37.3 Å². The minimum Gasteiger partial charge on any atom is -0.494 e. The van der Waals surface area contributed by atoms with Gasteiger partial charge in [-0.2, -0.15) is 0 Å². The molecule has 1 unspecified atom stereocenters. The minimum absolute atomic E-state index is 0.0336. The summed E-state index contributed by atoms with van der Waals surface area (Å²) in [6.45, 7) is 8.42. The highest BCUT2D eigenvalue weighted by Gasteiger charge is 2.28. The fourth-order valence-electron chi connectivity index (χ4n) is 7.01. The van der Waals surface area contributed by atoms with Gasteiger partial charge in [0, 0.05) is 30.2 Å². The molecule has 6 rings (SSSR count). The van der Waals surface area contributed by atoms with E-state index in [4.69, 9.17) is 23.7 Å². The van der Waals surface area contributed by atoms with Gasteiger partial charge in [-0.3, -0.25) is 19.3 Å². The lowest BCUT2D eigenvalue weighted by molar-refractivity contribution is -0.151. The van der Waals surface area contributed by atoms with E-state index in [0.717, 1.165) is 59.9 Å². The van der Waals surface area contributed by atoms with Crippen LogP contribution in [0.3, 0.4) is 0 Å². The summed E-state index contributed by atoms with van der Waals surface area (Å²) in [4.78, 5) is 62.5. The number of rotatable bonds is 16. The first-order chi connectivity index (χ1) is 26.1. The number of amides is 2. The lowest BCUT2D eigenvalue weighted by atomic mass is 9.98. The number of fused-ring (bicyclic) bond motifs is 3. The van der Waals surface area contributed by atoms with Gasteiger partial charge in [0.2, 0.25) is 0 Å². The number of imide groups is 1. The first-order valence-corrected chi connectivity index (χ1v) is 18.6. The summed E-state index contributed by atoms with van der Waals surface area (Å²) in [5.74, 6) is -0.519. The second-order valence-electron chi connectivity index (χ2n) is 13.7. The van der Waals surface area contributed by atoms with Crippen LogP contribution in [-0.2, 0) is 35.1 Å². The van der Waals surface area contributed by atoms with Crippen molar-refractivity contribution >= 4 is 29.7 Å². The van der Waals surface area contributed by atoms with E-state index in [-0.39, 0.29) is 49.0 Å². The first-order valence-electron chi connectivity index (χ1n) is 18.6. The van der Waals surface area contributed by atoms with Gasteiger partial charge in [-0.05, 0) is 109 Å². The van der Waals surface area contributed by atoms with Crippen molar-refractivity contribution in [2.45, 2.75) is 77.2 Å². The average molecular weight is 736 g/mol. The third kappa shape index (κ3) is 9.07. The van der Waals surface area contributed by atoms with Crippen molar-refractivity contribution in [3.05, 3.63) is 101 Å². The summed E-state index contributed by atoms with van der Waals surface area (Å²) in [6, 6.07) is 16.6. The summed E-state index contributed by atoms with van der Waals surface area (Å²) < 4.78 is 28.3. The zero-order valence-corrected chi connectivity index (χ0v) is 30.7. The van der Waals surface area contributed by atoms with Crippen LogP contribution in [0.25, 0.3) is 11.1 Å². The summed E-state index contributed by atoms with van der Waals surface area (Å²) in [7, 11) is 0. The Bertz CT molecular complexity index is 1960. The van der Waals surface area contributed by atoms with Crippen LogP contribution in [0.15, 0.2) is 78.9 Å². The molecule has 1 heterocycles. The molecule has 54 heavy (non-hydrogen) atoms. The highest BCUT2D eigenvalue weighted by atomic mass is 16.6. The molecule has 0 bridgehead atoms. The standard InChI is InChI=1S/C43H45NO10/c1-4-29-24-30(11-16-38(29)51-21-22-52-42(48)27(2)23-41(47)53-31-9-6-5-7-10-31)43(49)54-33-13-15-35-34-14-12-32(25-36(34)28(3)37(35)26-33)50-20-8-19-44-39(45)17-18-40(44)46/h11-18,24-26,28,31H,2,4-10,19-23H2,1,3H3. The maximum absolute atomic E-state index is 13.2. The van der Waals surface area contributed by atoms with Gasteiger partial charge >= 0.3 is 17.9 Å². The molecule has 11 heteroatoms. The van der Waals surface area contributed by atoms with Crippen molar-refractivity contribution in [1.29, 1.82) is 0 Å². The van der Waals surface area contributed by atoms with Crippen molar-refractivity contribution in [2.24, 2.45) is 0 Å². The molecule has 1 fully saturated rings. The fourth-order valence-corrected chi connectivity index (χ4v) is 7.01. The van der Waals surface area contributed by atoms with Crippen LogP contribution in [0.2, 0.25) is 0 Å². The smallest absolute Gasteiger partial charge is 0.343 e. The molecule has 11 nitrogen and oxygen atoms in total. The lowest BCUT2D eigenvalue weighted by Crippen LogP contribution is -2.31. The van der Waals surface area contributed by atoms with Crippen molar-refractivity contribution in [3.8, 4) is 28.4 Å². The number of ether oxygens (including phenoxy) is 5. The van der Waals surface area contributed by atoms with Crippen LogP contribution in [0.1, 0.15) is 91.8 Å². The molecule has 0 N–H and O–H groups in total. The highest BCUT2D eigenvalue weighted by Crippen LogP contribution is 2.47. The average Bonchev–Trinajstić information content (AvgIpc) is 3.64. The molecule has 3 aliphatic rings. The molecule has 0 radical (unpaired) electrons. The molecule has 1 aliphatic heterocycles. The van der Waals surface area contributed by atoms with Gasteiger partial charge in [-0.25, -0.2) is 9.59 Å². The normalized spacial score (nSPS) is 16.1. The van der Waals surface area contributed by atoms with E-state index >= 15 is 0 Å². The van der Waals surface area contributed by atoms with E-state index in [0.29, 0.717) is 48.8 Å². The van der Waals surface area contributed by atoms with E-state index in [2.05, 4.69) is 13.5 Å². The van der Waals surface area contributed by atoms with Gasteiger partial charge in [-0.15, -0.1) is 0 Å². The Morgan fingerprint density at radius 3 is 2.20 bits per heavy atom. The molecule has 0 aromatic heterocycles. The maximum atomic E-state index is 13.2. The molecule has 2 amide bonds. The van der Waals surface area contributed by atoms with Gasteiger partial charge in [-0.1, -0.05) is 39.0 Å². The molecular formula is C43H45NO10. The fraction of sp³-hybridized carbons (Fsp3) is 0.372. The summed E-state index contributed by atoms with van der Waals surface area (Å²) in [5.41, 5.74) is 5.47. The van der Waals surface area contributed by atoms with Crippen LogP contribution in [0.4, 0.5) is 0 Å². The molecule has 282 valence electrons. The van der Waals surface area contributed by atoms with Gasteiger partial charge in [0.25, 0.3) is 11.8 Å². The Kier molecular flexibility index (Phi) is 12.3. The number of nitrogens with zero attached hydrogens (tertiary/aromatic N) is 1. The van der Waals surface area contributed by atoms with E-state index < -0.39 is 17.9 Å². The number of hydrogen-bond acceptors (Lipinski definition) is 10. The number of carbonyl (C=O) groups is 5. The second-order valence-corrected chi connectivity index (χ2v) is 13.7. The third-order valence-corrected chi connectivity index (χ3v) is 9.92. The minimum atomic E-state index is -0.672. The summed E-state index contributed by atoms with van der Waals surface area (Å²) >= 11 is 0. The predicted octanol–water partition coefficient (Wildman–Crippen LogP) is 7.04. The zero-order valence-electron chi connectivity index (χ0n) is 30.7. The van der Waals surface area contributed by atoms with E-state index in [9.17, 15) is 24.0 Å². The van der Waals surface area contributed by atoms with E-state index in [1.54, 1.807) is 24.3 Å². The number of carbonyl (C=O) groups excluding carboxylic acids is 5. The van der Waals surface area contributed by atoms with Crippen LogP contribution >= 0.6 is 0 Å². The van der Waals surface area contributed by atoms with Gasteiger partial charge in [0.1, 0.15) is 36.6 Å². The Labute approximate surface area is 314 Å². The summed E-state index contributed by atoms with van der Waals surface area (Å²) in [5, 5.41) is 0. The highest BCUT2D eigenvalue weighted by molar-refractivity contribution is 6.12. The van der Waals surface area contributed by atoms with Gasteiger partial charge in [0.15, 0.2) is 0 Å². The molecule has 1 saturated carbocycles.